The van der Waals surface area contributed by atoms with E-state index in [-0.39, 0.29) is 5.41 Å². The molecule has 44 valence electrons. The van der Waals surface area contributed by atoms with Gasteiger partial charge in [-0.2, -0.15) is 5.26 Å². The molecule has 8 heavy (non-hydrogen) atoms. The summed E-state index contributed by atoms with van der Waals surface area (Å²) >= 11 is 0. The van der Waals surface area contributed by atoms with Gasteiger partial charge in [-0.25, -0.2) is 0 Å². The normalized spacial score (nSPS) is 16.1. The van der Waals surface area contributed by atoms with Gasteiger partial charge in [-0.1, -0.05) is 13.0 Å². The average Bonchev–Trinajstić information content (AvgIpc) is 1.87. The maximum absolute atomic E-state index is 8.46. The first-order valence-electron chi connectivity index (χ1n) is 2.73. The Balaban J connectivity index is 4.03. The van der Waals surface area contributed by atoms with E-state index in [4.69, 9.17) is 5.26 Å². The Morgan fingerprint density at radius 1 is 1.88 bits per heavy atom. The molecule has 1 heteroatoms. The molecule has 0 fully saturated rings. The van der Waals surface area contributed by atoms with Gasteiger partial charge in [0.15, 0.2) is 0 Å². The van der Waals surface area contributed by atoms with Gasteiger partial charge in [0.05, 0.1) is 11.5 Å². The van der Waals surface area contributed by atoms with E-state index in [1.165, 1.54) is 0 Å². The Hall–Kier alpha value is -0.770. The highest BCUT2D eigenvalue weighted by Gasteiger charge is 2.14. The van der Waals surface area contributed by atoms with Gasteiger partial charge in [-0.15, -0.1) is 6.58 Å². The van der Waals surface area contributed by atoms with Crippen molar-refractivity contribution in [3.63, 3.8) is 0 Å². The fourth-order valence-electron chi connectivity index (χ4n) is 0.269. The lowest BCUT2D eigenvalue weighted by Crippen LogP contribution is -2.06. The van der Waals surface area contributed by atoms with Crippen molar-refractivity contribution < 1.29 is 0 Å². The summed E-state index contributed by atoms with van der Waals surface area (Å²) in [5, 5.41) is 8.46. The molecule has 1 atom stereocenters. The second-order valence-electron chi connectivity index (χ2n) is 2.09. The van der Waals surface area contributed by atoms with Crippen molar-refractivity contribution in [1.29, 1.82) is 5.26 Å². The zero-order valence-corrected chi connectivity index (χ0v) is 5.44. The highest BCUT2D eigenvalue weighted by Crippen LogP contribution is 2.19. The number of rotatable bonds is 2. The van der Waals surface area contributed by atoms with Crippen LogP contribution in [0.3, 0.4) is 0 Å². The Morgan fingerprint density at radius 2 is 2.38 bits per heavy atom. The molecule has 0 aromatic carbocycles. The van der Waals surface area contributed by atoms with Crippen molar-refractivity contribution in [1.82, 2.24) is 0 Å². The first-order chi connectivity index (χ1) is 3.68. The van der Waals surface area contributed by atoms with Gasteiger partial charge in [0.25, 0.3) is 0 Å². The quantitative estimate of drug-likeness (QED) is 0.498. The zero-order valence-electron chi connectivity index (χ0n) is 5.44. The summed E-state index contributed by atoms with van der Waals surface area (Å²) in [7, 11) is 0. The van der Waals surface area contributed by atoms with Crippen LogP contribution in [-0.4, -0.2) is 0 Å². The summed E-state index contributed by atoms with van der Waals surface area (Å²) in [5.74, 6) is 0. The maximum Gasteiger partial charge on any atom is 0.0728 e. The van der Waals surface area contributed by atoms with E-state index in [0.717, 1.165) is 6.42 Å². The molecule has 0 saturated heterocycles. The van der Waals surface area contributed by atoms with Crippen LogP contribution in [0.25, 0.3) is 0 Å². The molecule has 0 rings (SSSR count). The van der Waals surface area contributed by atoms with Crippen molar-refractivity contribution in [2.45, 2.75) is 20.3 Å². The maximum atomic E-state index is 8.46. The molecule has 0 saturated carbocycles. The van der Waals surface area contributed by atoms with Gasteiger partial charge in [-0.05, 0) is 13.3 Å². The molecule has 0 amide bonds. The molecule has 1 unspecified atom stereocenters. The molecular weight excluding hydrogens is 98.1 g/mol. The monoisotopic (exact) mass is 109 g/mol. The van der Waals surface area contributed by atoms with Crippen LogP contribution in [-0.2, 0) is 0 Å². The van der Waals surface area contributed by atoms with Crippen LogP contribution in [0.5, 0.6) is 0 Å². The van der Waals surface area contributed by atoms with Crippen LogP contribution >= 0.6 is 0 Å². The van der Waals surface area contributed by atoms with E-state index < -0.39 is 0 Å². The topological polar surface area (TPSA) is 23.8 Å². The van der Waals surface area contributed by atoms with Crippen molar-refractivity contribution in [2.24, 2.45) is 5.41 Å². The third-order valence-electron chi connectivity index (χ3n) is 1.44. The predicted octanol–water partition coefficient (Wildman–Crippen LogP) is 2.11. The predicted molar refractivity (Wildman–Crippen MR) is 34.2 cm³/mol. The summed E-state index contributed by atoms with van der Waals surface area (Å²) in [6.45, 7) is 7.40. The summed E-state index contributed by atoms with van der Waals surface area (Å²) < 4.78 is 0. The molecule has 0 aliphatic rings. The number of nitrogens with zero attached hydrogens (tertiary/aromatic N) is 1. The number of nitriles is 1. The number of allylic oxidation sites excluding steroid dienone is 1. The molecule has 0 aliphatic carbocycles. The van der Waals surface area contributed by atoms with Gasteiger partial charge in [-0.3, -0.25) is 0 Å². The lowest BCUT2D eigenvalue weighted by molar-refractivity contribution is 0.547. The minimum absolute atomic E-state index is 0.306. The SMILES string of the molecule is C=CC(C)(C#N)CC. The van der Waals surface area contributed by atoms with E-state index in [2.05, 4.69) is 12.6 Å². The third-order valence-corrected chi connectivity index (χ3v) is 1.44. The molecular formula is C7H11N. The summed E-state index contributed by atoms with van der Waals surface area (Å²) in [6.07, 6.45) is 2.53. The van der Waals surface area contributed by atoms with Gasteiger partial charge in [0, 0.05) is 0 Å². The van der Waals surface area contributed by atoms with E-state index >= 15 is 0 Å². The minimum atomic E-state index is -0.306. The zero-order chi connectivity index (χ0) is 6.62. The minimum Gasteiger partial charge on any atom is -0.197 e. The van der Waals surface area contributed by atoms with Gasteiger partial charge >= 0.3 is 0 Å². The van der Waals surface area contributed by atoms with E-state index in [9.17, 15) is 0 Å². The van der Waals surface area contributed by atoms with Crippen LogP contribution < -0.4 is 0 Å². The molecule has 0 N–H and O–H groups in total. The van der Waals surface area contributed by atoms with Gasteiger partial charge < -0.3 is 0 Å². The van der Waals surface area contributed by atoms with Crippen molar-refractivity contribution in [3.05, 3.63) is 12.7 Å². The van der Waals surface area contributed by atoms with E-state index in [1.807, 2.05) is 13.8 Å². The largest absolute Gasteiger partial charge is 0.197 e. The van der Waals surface area contributed by atoms with Crippen LogP contribution in [0.1, 0.15) is 20.3 Å². The first kappa shape index (κ1) is 7.23. The van der Waals surface area contributed by atoms with Crippen molar-refractivity contribution in [3.8, 4) is 6.07 Å². The summed E-state index contributed by atoms with van der Waals surface area (Å²) in [4.78, 5) is 0. The second-order valence-corrected chi connectivity index (χ2v) is 2.09. The molecule has 0 heterocycles. The number of hydrogen-bond donors (Lipinski definition) is 0. The molecule has 0 aromatic heterocycles. The summed E-state index contributed by atoms with van der Waals surface area (Å²) in [6, 6.07) is 2.16. The molecule has 0 aromatic rings. The van der Waals surface area contributed by atoms with Crippen molar-refractivity contribution in [2.75, 3.05) is 0 Å². The smallest absolute Gasteiger partial charge is 0.0728 e. The highest BCUT2D eigenvalue weighted by atomic mass is 14.3. The lowest BCUT2D eigenvalue weighted by Gasteiger charge is -2.10. The average molecular weight is 109 g/mol. The van der Waals surface area contributed by atoms with Crippen LogP contribution in [0, 0.1) is 16.7 Å². The Labute approximate surface area is 50.6 Å². The van der Waals surface area contributed by atoms with Crippen LogP contribution in [0.15, 0.2) is 12.7 Å². The molecule has 1 nitrogen and oxygen atoms in total. The van der Waals surface area contributed by atoms with Crippen LogP contribution in [0.2, 0.25) is 0 Å². The van der Waals surface area contributed by atoms with Crippen LogP contribution in [0.4, 0.5) is 0 Å². The van der Waals surface area contributed by atoms with E-state index in [0.29, 0.717) is 0 Å². The first-order valence-corrected chi connectivity index (χ1v) is 2.73. The lowest BCUT2D eigenvalue weighted by atomic mass is 9.90. The van der Waals surface area contributed by atoms with E-state index in [1.54, 1.807) is 6.08 Å². The molecule has 0 bridgehead atoms. The Kier molecular flexibility index (Phi) is 2.27. The summed E-state index contributed by atoms with van der Waals surface area (Å²) in [5.41, 5.74) is -0.306. The molecule has 0 aliphatic heterocycles. The standard InChI is InChI=1S/C7H11N/c1-4-7(3,5-2)6-8/h4H,1,5H2,2-3H3. The second kappa shape index (κ2) is 2.52. The Morgan fingerprint density at radius 3 is 2.38 bits per heavy atom. The Bertz CT molecular complexity index is 121. The highest BCUT2D eigenvalue weighted by molar-refractivity contribution is 5.06. The van der Waals surface area contributed by atoms with Gasteiger partial charge in [0.1, 0.15) is 0 Å². The van der Waals surface area contributed by atoms with Gasteiger partial charge in [0.2, 0.25) is 0 Å². The fourth-order valence-corrected chi connectivity index (χ4v) is 0.269. The fraction of sp³-hybridized carbons (Fsp3) is 0.571. The third kappa shape index (κ3) is 1.38. The molecule has 0 spiro atoms. The molecule has 0 radical (unpaired) electrons. The number of hydrogen-bond acceptors (Lipinski definition) is 1. The van der Waals surface area contributed by atoms with Crippen molar-refractivity contribution >= 4 is 0 Å².